The quantitative estimate of drug-likeness (QED) is 0.739. The molecule has 112 valence electrons. The van der Waals surface area contributed by atoms with Gasteiger partial charge in [0.05, 0.1) is 21.4 Å². The van der Waals surface area contributed by atoms with Gasteiger partial charge in [-0.25, -0.2) is 0 Å². The molecule has 0 aliphatic heterocycles. The van der Waals surface area contributed by atoms with E-state index in [-0.39, 0.29) is 5.78 Å². The van der Waals surface area contributed by atoms with Crippen molar-refractivity contribution in [2.75, 3.05) is 0 Å². The summed E-state index contributed by atoms with van der Waals surface area (Å²) >= 11 is 3.59. The highest BCUT2D eigenvalue weighted by molar-refractivity contribution is 9.10. The summed E-state index contributed by atoms with van der Waals surface area (Å²) in [6.45, 7) is 6.83. The molecule has 0 saturated heterocycles. The number of aryl methyl sites for hydroxylation is 2. The van der Waals surface area contributed by atoms with Gasteiger partial charge in [-0.2, -0.15) is 5.10 Å². The van der Waals surface area contributed by atoms with E-state index >= 15 is 0 Å². The second-order valence-corrected chi connectivity index (χ2v) is 5.51. The first kappa shape index (κ1) is 15.8. The van der Waals surface area contributed by atoms with E-state index in [0.717, 1.165) is 28.8 Å². The van der Waals surface area contributed by atoms with Crippen LogP contribution < -0.4 is 4.74 Å². The second kappa shape index (κ2) is 6.89. The van der Waals surface area contributed by atoms with Crippen LogP contribution in [-0.4, -0.2) is 15.6 Å². The highest BCUT2D eigenvalue weighted by atomic mass is 79.9. The maximum Gasteiger partial charge on any atom is 0.163 e. The Kier molecular flexibility index (Phi) is 5.17. The molecule has 1 heterocycles. The minimum atomic E-state index is 0.00270. The van der Waals surface area contributed by atoms with Gasteiger partial charge in [0.25, 0.3) is 0 Å². The average Bonchev–Trinajstić information content (AvgIpc) is 2.80. The fourth-order valence-electron chi connectivity index (χ4n) is 2.18. The van der Waals surface area contributed by atoms with Crippen LogP contribution in [-0.2, 0) is 19.6 Å². The minimum Gasteiger partial charge on any atom is -0.487 e. The first-order valence-corrected chi connectivity index (χ1v) is 7.84. The Bertz CT molecular complexity index is 650. The lowest BCUT2D eigenvalue weighted by Gasteiger charge is -2.11. The molecule has 0 aliphatic carbocycles. The first-order chi connectivity index (χ1) is 10.1. The number of hydrogen-bond acceptors (Lipinski definition) is 3. The van der Waals surface area contributed by atoms with Crippen LogP contribution in [0.15, 0.2) is 28.7 Å². The van der Waals surface area contributed by atoms with Gasteiger partial charge >= 0.3 is 0 Å². The van der Waals surface area contributed by atoms with E-state index in [4.69, 9.17) is 4.74 Å². The van der Waals surface area contributed by atoms with Crippen LogP contribution in [0.5, 0.6) is 5.75 Å². The van der Waals surface area contributed by atoms with E-state index in [0.29, 0.717) is 17.9 Å². The molecule has 0 N–H and O–H groups in total. The number of nitrogens with zero attached hydrogens (tertiary/aromatic N) is 2. The number of para-hydroxylation sites is 1. The summed E-state index contributed by atoms with van der Waals surface area (Å²) in [7, 11) is 0. The molecule has 0 amide bonds. The molecule has 21 heavy (non-hydrogen) atoms. The number of carbonyl (C=O) groups is 1. The number of rotatable bonds is 6. The molecule has 4 nitrogen and oxygen atoms in total. The third-order valence-electron chi connectivity index (χ3n) is 3.32. The molecule has 0 fully saturated rings. The van der Waals surface area contributed by atoms with Crippen LogP contribution in [0.25, 0.3) is 0 Å². The van der Waals surface area contributed by atoms with Gasteiger partial charge in [-0.05, 0) is 48.3 Å². The number of ether oxygens (including phenoxy) is 1. The molecule has 0 saturated carbocycles. The predicted molar refractivity (Wildman–Crippen MR) is 85.8 cm³/mol. The monoisotopic (exact) mass is 350 g/mol. The maximum atomic E-state index is 11.6. The standard InChI is InChI=1S/C16H19BrN2O2/c1-4-13-16(17)14(19(5-2)18-13)10-21-15-9-7-6-8-12(15)11(3)20/h6-9H,4-5,10H2,1-3H3. The van der Waals surface area contributed by atoms with Crippen molar-refractivity contribution in [1.29, 1.82) is 0 Å². The van der Waals surface area contributed by atoms with Gasteiger partial charge in [-0.15, -0.1) is 0 Å². The van der Waals surface area contributed by atoms with Crippen molar-refractivity contribution in [2.45, 2.75) is 40.3 Å². The second-order valence-electron chi connectivity index (χ2n) is 4.72. The lowest BCUT2D eigenvalue weighted by Crippen LogP contribution is -2.08. The Morgan fingerprint density at radius 2 is 2.05 bits per heavy atom. The third kappa shape index (κ3) is 3.35. The zero-order valence-corrected chi connectivity index (χ0v) is 14.1. The van der Waals surface area contributed by atoms with Crippen LogP contribution in [0.4, 0.5) is 0 Å². The van der Waals surface area contributed by atoms with Crippen molar-refractivity contribution in [3.05, 3.63) is 45.7 Å². The topological polar surface area (TPSA) is 44.1 Å². The maximum absolute atomic E-state index is 11.6. The van der Waals surface area contributed by atoms with E-state index in [1.165, 1.54) is 0 Å². The molecule has 5 heteroatoms. The van der Waals surface area contributed by atoms with Gasteiger partial charge in [0.1, 0.15) is 12.4 Å². The van der Waals surface area contributed by atoms with Crippen molar-refractivity contribution in [1.82, 2.24) is 9.78 Å². The lowest BCUT2D eigenvalue weighted by atomic mass is 10.1. The van der Waals surface area contributed by atoms with E-state index in [2.05, 4.69) is 28.0 Å². The van der Waals surface area contributed by atoms with Gasteiger partial charge in [0, 0.05) is 6.54 Å². The Balaban J connectivity index is 2.25. The van der Waals surface area contributed by atoms with Gasteiger partial charge in [-0.1, -0.05) is 19.1 Å². The molecule has 0 atom stereocenters. The molecule has 0 bridgehead atoms. The summed E-state index contributed by atoms with van der Waals surface area (Å²) in [4.78, 5) is 11.6. The number of aromatic nitrogens is 2. The molecule has 0 unspecified atom stereocenters. The SMILES string of the molecule is CCc1nn(CC)c(COc2ccccc2C(C)=O)c1Br. The first-order valence-electron chi connectivity index (χ1n) is 7.05. The van der Waals surface area contributed by atoms with Gasteiger partial charge in [0.15, 0.2) is 5.78 Å². The van der Waals surface area contributed by atoms with Crippen LogP contribution in [0.2, 0.25) is 0 Å². The predicted octanol–water partition coefficient (Wildman–Crippen LogP) is 4.01. The van der Waals surface area contributed by atoms with Gasteiger partial charge < -0.3 is 4.74 Å². The summed E-state index contributed by atoms with van der Waals surface area (Å²) < 4.78 is 8.78. The number of benzene rings is 1. The molecule has 1 aromatic carbocycles. The Morgan fingerprint density at radius 3 is 2.67 bits per heavy atom. The van der Waals surface area contributed by atoms with Crippen LogP contribution in [0.3, 0.4) is 0 Å². The highest BCUT2D eigenvalue weighted by Gasteiger charge is 2.15. The van der Waals surface area contributed by atoms with Gasteiger partial charge in [0.2, 0.25) is 0 Å². The van der Waals surface area contributed by atoms with Crippen molar-refractivity contribution in [3.63, 3.8) is 0 Å². The van der Waals surface area contributed by atoms with Crippen molar-refractivity contribution in [3.8, 4) is 5.75 Å². The molecule has 1 aromatic heterocycles. The minimum absolute atomic E-state index is 0.00270. The molecule has 0 radical (unpaired) electrons. The molecule has 0 aliphatic rings. The fourth-order valence-corrected chi connectivity index (χ4v) is 2.86. The van der Waals surface area contributed by atoms with E-state index in [1.807, 2.05) is 29.8 Å². The normalized spacial score (nSPS) is 10.7. The Hall–Kier alpha value is -1.62. The summed E-state index contributed by atoms with van der Waals surface area (Å²) in [6, 6.07) is 7.30. The lowest BCUT2D eigenvalue weighted by molar-refractivity contribution is 0.101. The number of hydrogen-bond donors (Lipinski definition) is 0. The van der Waals surface area contributed by atoms with Crippen LogP contribution in [0, 0.1) is 0 Å². The number of carbonyl (C=O) groups excluding carboxylic acids is 1. The summed E-state index contributed by atoms with van der Waals surface area (Å²) in [5, 5.41) is 4.54. The Labute approximate surface area is 133 Å². The zero-order chi connectivity index (χ0) is 15.4. The van der Waals surface area contributed by atoms with E-state index in [1.54, 1.807) is 13.0 Å². The number of halogens is 1. The highest BCUT2D eigenvalue weighted by Crippen LogP contribution is 2.25. The number of ketones is 1. The summed E-state index contributed by atoms with van der Waals surface area (Å²) in [5.41, 5.74) is 2.62. The molecular weight excluding hydrogens is 332 g/mol. The number of Topliss-reactive ketones (excluding diaryl/α,β-unsaturated/α-hetero) is 1. The average molecular weight is 351 g/mol. The van der Waals surface area contributed by atoms with Crippen molar-refractivity contribution in [2.24, 2.45) is 0 Å². The molecule has 0 spiro atoms. The fraction of sp³-hybridized carbons (Fsp3) is 0.375. The molecular formula is C16H19BrN2O2. The Morgan fingerprint density at radius 1 is 1.33 bits per heavy atom. The van der Waals surface area contributed by atoms with E-state index < -0.39 is 0 Å². The molecule has 2 rings (SSSR count). The van der Waals surface area contributed by atoms with Crippen LogP contribution in [0.1, 0.15) is 42.5 Å². The smallest absolute Gasteiger partial charge is 0.163 e. The van der Waals surface area contributed by atoms with Crippen molar-refractivity contribution < 1.29 is 9.53 Å². The van der Waals surface area contributed by atoms with Crippen molar-refractivity contribution >= 4 is 21.7 Å². The van der Waals surface area contributed by atoms with E-state index in [9.17, 15) is 4.79 Å². The zero-order valence-electron chi connectivity index (χ0n) is 12.5. The van der Waals surface area contributed by atoms with Gasteiger partial charge in [-0.3, -0.25) is 9.48 Å². The van der Waals surface area contributed by atoms with Crippen LogP contribution >= 0.6 is 15.9 Å². The summed E-state index contributed by atoms with van der Waals surface area (Å²) in [6.07, 6.45) is 0.866. The summed E-state index contributed by atoms with van der Waals surface area (Å²) in [5.74, 6) is 0.613. The largest absolute Gasteiger partial charge is 0.487 e. The molecule has 2 aromatic rings. The third-order valence-corrected chi connectivity index (χ3v) is 4.24.